The maximum absolute atomic E-state index is 13.7. The lowest BCUT2D eigenvalue weighted by atomic mass is 10.0. The number of hydrogen-bond donors (Lipinski definition) is 1. The van der Waals surface area contributed by atoms with E-state index in [9.17, 15) is 9.59 Å². The van der Waals surface area contributed by atoms with E-state index in [1.54, 1.807) is 35.5 Å². The third-order valence-electron chi connectivity index (χ3n) is 5.91. The molecule has 0 spiro atoms. The maximum atomic E-state index is 13.7. The lowest BCUT2D eigenvalue weighted by Crippen LogP contribution is -2.46. The molecule has 0 bridgehead atoms. The van der Waals surface area contributed by atoms with Crippen molar-refractivity contribution < 1.29 is 19.1 Å². The predicted molar refractivity (Wildman–Crippen MR) is 132 cm³/mol. The molecule has 1 aromatic carbocycles. The Morgan fingerprint density at radius 1 is 1.18 bits per heavy atom. The van der Waals surface area contributed by atoms with Crippen LogP contribution in [-0.2, 0) is 16.1 Å². The summed E-state index contributed by atoms with van der Waals surface area (Å²) in [6, 6.07) is 8.58. The van der Waals surface area contributed by atoms with Crippen LogP contribution in [0.5, 0.6) is 11.5 Å². The lowest BCUT2D eigenvalue weighted by molar-refractivity contribution is -0.140. The molecule has 2 amide bonds. The number of benzene rings is 1. The normalized spacial score (nSPS) is 15.4. The molecule has 1 aliphatic carbocycles. The zero-order valence-corrected chi connectivity index (χ0v) is 20.9. The zero-order valence-electron chi connectivity index (χ0n) is 19.3. The van der Waals surface area contributed by atoms with Gasteiger partial charge in [0.15, 0.2) is 11.5 Å². The summed E-state index contributed by atoms with van der Waals surface area (Å²) in [6.45, 7) is 2.70. The molecule has 1 aromatic heterocycles. The Morgan fingerprint density at radius 2 is 1.94 bits per heavy atom. The van der Waals surface area contributed by atoms with Crippen LogP contribution in [0.1, 0.15) is 61.9 Å². The van der Waals surface area contributed by atoms with E-state index in [1.165, 1.54) is 12.8 Å². The molecular formula is C25H33ClN2O4S. The maximum Gasteiger partial charge on any atom is 0.247 e. The third-order valence-corrected chi connectivity index (χ3v) is 7.00. The van der Waals surface area contributed by atoms with E-state index >= 15 is 0 Å². The number of hydrogen-bond acceptors (Lipinski definition) is 5. The molecule has 6 nitrogen and oxygen atoms in total. The fourth-order valence-electron chi connectivity index (χ4n) is 4.28. The van der Waals surface area contributed by atoms with Gasteiger partial charge in [-0.1, -0.05) is 37.8 Å². The van der Waals surface area contributed by atoms with Gasteiger partial charge in [-0.05, 0) is 48.9 Å². The first-order chi connectivity index (χ1) is 16.1. The number of rotatable bonds is 10. The highest BCUT2D eigenvalue weighted by molar-refractivity contribution is 7.09. The molecule has 0 unspecified atom stereocenters. The Labute approximate surface area is 205 Å². The number of carbonyl (C=O) groups excluding carboxylic acids is 2. The number of amides is 2. The van der Waals surface area contributed by atoms with Crippen molar-refractivity contribution in [3.05, 3.63) is 46.2 Å². The van der Waals surface area contributed by atoms with Crippen molar-refractivity contribution >= 4 is 34.8 Å². The van der Waals surface area contributed by atoms with E-state index in [0.717, 1.165) is 30.6 Å². The number of methoxy groups -OCH3 is 1. The summed E-state index contributed by atoms with van der Waals surface area (Å²) in [7, 11) is 1.57. The number of alkyl halides is 1. The summed E-state index contributed by atoms with van der Waals surface area (Å²) < 4.78 is 11.2. The highest BCUT2D eigenvalue weighted by Gasteiger charge is 2.33. The first kappa shape index (κ1) is 25.4. The molecule has 1 N–H and O–H groups in total. The summed E-state index contributed by atoms with van der Waals surface area (Å²) >= 11 is 7.54. The second kappa shape index (κ2) is 12.8. The van der Waals surface area contributed by atoms with E-state index in [4.69, 9.17) is 21.1 Å². The van der Waals surface area contributed by atoms with Gasteiger partial charge in [-0.15, -0.1) is 22.9 Å². The van der Waals surface area contributed by atoms with E-state index in [-0.39, 0.29) is 23.7 Å². The number of halogens is 1. The highest BCUT2D eigenvalue weighted by Crippen LogP contribution is 2.34. The van der Waals surface area contributed by atoms with Crippen LogP contribution in [0.2, 0.25) is 0 Å². The second-order valence-electron chi connectivity index (χ2n) is 8.18. The number of nitrogens with one attached hydrogen (secondary N) is 1. The molecule has 33 heavy (non-hydrogen) atoms. The van der Waals surface area contributed by atoms with Gasteiger partial charge in [0.2, 0.25) is 11.8 Å². The first-order valence-corrected chi connectivity index (χ1v) is 13.0. The van der Waals surface area contributed by atoms with Gasteiger partial charge < -0.3 is 19.7 Å². The summed E-state index contributed by atoms with van der Waals surface area (Å²) in [5, 5.41) is 5.19. The van der Waals surface area contributed by atoms with Gasteiger partial charge in [0.1, 0.15) is 11.9 Å². The molecule has 8 heteroatoms. The average molecular weight is 493 g/mol. The van der Waals surface area contributed by atoms with Crippen molar-refractivity contribution in [3.63, 3.8) is 0 Å². The zero-order chi connectivity index (χ0) is 23.6. The summed E-state index contributed by atoms with van der Waals surface area (Å²) in [5.41, 5.74) is 0.663. The third kappa shape index (κ3) is 6.87. The second-order valence-corrected chi connectivity index (χ2v) is 9.48. The van der Waals surface area contributed by atoms with Crippen molar-refractivity contribution in [2.75, 3.05) is 19.6 Å². The topological polar surface area (TPSA) is 67.9 Å². The summed E-state index contributed by atoms with van der Waals surface area (Å²) in [6.07, 6.45) is 6.51. The van der Waals surface area contributed by atoms with Crippen molar-refractivity contribution in [3.8, 4) is 11.5 Å². The fraction of sp³-hybridized carbons (Fsp3) is 0.520. The standard InChI is InChI=1S/C25H33ClN2O4S/c1-3-32-21-13-12-18(15-22(21)31-2)24(25(30)27-19-9-6-4-5-7-10-19)28(23(29)16-26)17-20-11-8-14-33-20/h8,11-15,19,24H,3-7,9-10,16-17H2,1-2H3,(H,27,30)/t24-/m0/s1. The van der Waals surface area contributed by atoms with Crippen LogP contribution in [0.4, 0.5) is 0 Å². The molecule has 180 valence electrons. The van der Waals surface area contributed by atoms with Crippen LogP contribution in [-0.4, -0.2) is 42.4 Å². The van der Waals surface area contributed by atoms with Crippen molar-refractivity contribution in [1.29, 1.82) is 0 Å². The van der Waals surface area contributed by atoms with Gasteiger partial charge in [0, 0.05) is 10.9 Å². The van der Waals surface area contributed by atoms with E-state index < -0.39 is 6.04 Å². The molecule has 1 heterocycles. The molecule has 1 atom stereocenters. The van der Waals surface area contributed by atoms with Gasteiger partial charge in [0.05, 0.1) is 20.3 Å². The van der Waals surface area contributed by atoms with Crippen molar-refractivity contribution in [1.82, 2.24) is 10.2 Å². The van der Waals surface area contributed by atoms with Gasteiger partial charge in [0.25, 0.3) is 0 Å². The minimum absolute atomic E-state index is 0.113. The Hall–Kier alpha value is -2.25. The minimum atomic E-state index is -0.828. The molecular weight excluding hydrogens is 460 g/mol. The van der Waals surface area contributed by atoms with Gasteiger partial charge in [-0.2, -0.15) is 0 Å². The van der Waals surface area contributed by atoms with Crippen molar-refractivity contribution in [2.45, 2.75) is 64.1 Å². The highest BCUT2D eigenvalue weighted by atomic mass is 35.5. The minimum Gasteiger partial charge on any atom is -0.493 e. The summed E-state index contributed by atoms with van der Waals surface area (Å²) in [4.78, 5) is 29.3. The van der Waals surface area contributed by atoms with E-state index in [1.807, 2.05) is 30.5 Å². The molecule has 3 rings (SSSR count). The van der Waals surface area contributed by atoms with E-state index in [0.29, 0.717) is 30.2 Å². The van der Waals surface area contributed by atoms with Crippen LogP contribution in [0.25, 0.3) is 0 Å². The Balaban J connectivity index is 1.98. The number of ether oxygens (including phenoxy) is 2. The predicted octanol–water partition coefficient (Wildman–Crippen LogP) is 5.30. The van der Waals surface area contributed by atoms with Gasteiger partial charge in [-0.25, -0.2) is 0 Å². The lowest BCUT2D eigenvalue weighted by Gasteiger charge is -2.32. The van der Waals surface area contributed by atoms with Crippen LogP contribution in [0.15, 0.2) is 35.7 Å². The quantitative estimate of drug-likeness (QED) is 0.361. The molecule has 1 fully saturated rings. The average Bonchev–Trinajstić information content (AvgIpc) is 3.21. The molecule has 0 saturated heterocycles. The SMILES string of the molecule is CCOc1ccc([C@@H](C(=O)NC2CCCCCC2)N(Cc2cccs2)C(=O)CCl)cc1OC. The Kier molecular flexibility index (Phi) is 9.88. The van der Waals surface area contributed by atoms with Gasteiger partial charge in [-0.3, -0.25) is 9.59 Å². The molecule has 1 aliphatic rings. The summed E-state index contributed by atoms with van der Waals surface area (Å²) in [5.74, 6) is 0.436. The van der Waals surface area contributed by atoms with Crippen LogP contribution in [0.3, 0.4) is 0 Å². The molecule has 1 saturated carbocycles. The van der Waals surface area contributed by atoms with Crippen LogP contribution >= 0.6 is 22.9 Å². The monoisotopic (exact) mass is 492 g/mol. The van der Waals surface area contributed by atoms with Gasteiger partial charge >= 0.3 is 0 Å². The van der Waals surface area contributed by atoms with Crippen molar-refractivity contribution in [2.24, 2.45) is 0 Å². The number of thiophene rings is 1. The Morgan fingerprint density at radius 3 is 2.55 bits per heavy atom. The number of carbonyl (C=O) groups is 2. The number of nitrogens with zero attached hydrogens (tertiary/aromatic N) is 1. The molecule has 0 radical (unpaired) electrons. The molecule has 0 aliphatic heterocycles. The fourth-order valence-corrected chi connectivity index (χ4v) is 5.13. The largest absolute Gasteiger partial charge is 0.493 e. The molecule has 2 aromatic rings. The van der Waals surface area contributed by atoms with Crippen LogP contribution < -0.4 is 14.8 Å². The van der Waals surface area contributed by atoms with Crippen LogP contribution in [0, 0.1) is 0 Å². The first-order valence-electron chi connectivity index (χ1n) is 11.6. The smallest absolute Gasteiger partial charge is 0.247 e. The Bertz CT molecular complexity index is 898. The van der Waals surface area contributed by atoms with E-state index in [2.05, 4.69) is 5.32 Å².